The predicted octanol–water partition coefficient (Wildman–Crippen LogP) is 1.10. The summed E-state index contributed by atoms with van der Waals surface area (Å²) < 4.78 is 22.4. The van der Waals surface area contributed by atoms with Gasteiger partial charge in [-0.15, -0.1) is 0 Å². The fourth-order valence-electron chi connectivity index (χ4n) is 2.64. The quantitative estimate of drug-likeness (QED) is 0.768. The van der Waals surface area contributed by atoms with Gasteiger partial charge in [-0.1, -0.05) is 0 Å². The molecule has 0 radical (unpaired) electrons. The Labute approximate surface area is 130 Å². The molecule has 122 valence electrons. The lowest BCUT2D eigenvalue weighted by Gasteiger charge is -2.35. The van der Waals surface area contributed by atoms with E-state index in [2.05, 4.69) is 5.32 Å². The molecular formula is C14H21N3O4S. The Morgan fingerprint density at radius 2 is 2.00 bits per heavy atom. The Morgan fingerprint density at radius 1 is 1.32 bits per heavy atom. The number of aliphatic hydroxyl groups excluding tert-OH is 1. The van der Waals surface area contributed by atoms with Crippen molar-refractivity contribution in [2.75, 3.05) is 18.5 Å². The van der Waals surface area contributed by atoms with E-state index in [0.717, 1.165) is 19.3 Å². The van der Waals surface area contributed by atoms with Crippen molar-refractivity contribution in [3.8, 4) is 0 Å². The number of urea groups is 1. The van der Waals surface area contributed by atoms with E-state index in [1.807, 2.05) is 0 Å². The molecule has 1 saturated heterocycles. The van der Waals surface area contributed by atoms with E-state index >= 15 is 0 Å². The number of hydrogen-bond donors (Lipinski definition) is 3. The van der Waals surface area contributed by atoms with Crippen LogP contribution in [-0.2, 0) is 10.0 Å². The van der Waals surface area contributed by atoms with Crippen LogP contribution in [0.2, 0.25) is 0 Å². The maximum absolute atomic E-state index is 12.3. The van der Waals surface area contributed by atoms with Gasteiger partial charge in [-0.25, -0.2) is 18.4 Å². The van der Waals surface area contributed by atoms with Crippen molar-refractivity contribution >= 4 is 21.7 Å². The van der Waals surface area contributed by atoms with Crippen LogP contribution in [0.4, 0.5) is 10.5 Å². The van der Waals surface area contributed by atoms with Crippen LogP contribution in [0.15, 0.2) is 29.2 Å². The number of carbonyl (C=O) groups is 1. The van der Waals surface area contributed by atoms with Crippen molar-refractivity contribution in [2.45, 2.75) is 36.6 Å². The first-order valence-electron chi connectivity index (χ1n) is 7.23. The number of nitrogens with two attached hydrogens (primary N) is 1. The number of rotatable bonds is 4. The standard InChI is InChI=1S/C14H21N3O4S/c15-22(20,21)13-6-4-11(5-7-13)16-14(19)17-9-2-1-3-12(17)8-10-18/h4-7,12,18H,1-3,8-10H2,(H,16,19)(H2,15,20,21)/t12-/m0/s1. The van der Waals surface area contributed by atoms with Crippen LogP contribution in [0, 0.1) is 0 Å². The number of benzene rings is 1. The third-order valence-corrected chi connectivity index (χ3v) is 4.71. The van der Waals surface area contributed by atoms with Gasteiger partial charge in [0.2, 0.25) is 10.0 Å². The number of sulfonamides is 1. The number of primary sulfonamides is 1. The molecule has 7 nitrogen and oxygen atoms in total. The van der Waals surface area contributed by atoms with Gasteiger partial charge in [-0.2, -0.15) is 0 Å². The van der Waals surface area contributed by atoms with Crippen molar-refractivity contribution in [1.82, 2.24) is 4.90 Å². The van der Waals surface area contributed by atoms with E-state index in [1.165, 1.54) is 24.3 Å². The van der Waals surface area contributed by atoms with Gasteiger partial charge in [0.1, 0.15) is 0 Å². The lowest BCUT2D eigenvalue weighted by Crippen LogP contribution is -2.46. The third kappa shape index (κ3) is 4.19. The largest absolute Gasteiger partial charge is 0.396 e. The average molecular weight is 327 g/mol. The number of anilines is 1. The highest BCUT2D eigenvalue weighted by Gasteiger charge is 2.26. The molecule has 8 heteroatoms. The molecule has 4 N–H and O–H groups in total. The number of aliphatic hydroxyl groups is 1. The summed E-state index contributed by atoms with van der Waals surface area (Å²) >= 11 is 0. The molecule has 2 rings (SSSR count). The highest BCUT2D eigenvalue weighted by molar-refractivity contribution is 7.89. The van der Waals surface area contributed by atoms with Crippen LogP contribution in [0.3, 0.4) is 0 Å². The van der Waals surface area contributed by atoms with Crippen LogP contribution in [0.1, 0.15) is 25.7 Å². The average Bonchev–Trinajstić information content (AvgIpc) is 2.47. The van der Waals surface area contributed by atoms with Crippen molar-refractivity contribution in [1.29, 1.82) is 0 Å². The molecule has 0 spiro atoms. The number of amides is 2. The summed E-state index contributed by atoms with van der Waals surface area (Å²) in [7, 11) is -3.74. The van der Waals surface area contributed by atoms with Gasteiger partial charge in [0, 0.05) is 24.9 Å². The Morgan fingerprint density at radius 3 is 2.59 bits per heavy atom. The summed E-state index contributed by atoms with van der Waals surface area (Å²) in [5, 5.41) is 16.9. The van der Waals surface area contributed by atoms with Gasteiger partial charge < -0.3 is 15.3 Å². The molecule has 0 unspecified atom stereocenters. The van der Waals surface area contributed by atoms with E-state index in [1.54, 1.807) is 4.90 Å². The second-order valence-corrected chi connectivity index (χ2v) is 6.92. The van der Waals surface area contributed by atoms with Crippen LogP contribution < -0.4 is 10.5 Å². The SMILES string of the molecule is NS(=O)(=O)c1ccc(NC(=O)N2CCCC[C@H]2CCO)cc1. The van der Waals surface area contributed by atoms with E-state index in [4.69, 9.17) is 10.2 Å². The monoisotopic (exact) mass is 327 g/mol. The lowest BCUT2D eigenvalue weighted by molar-refractivity contribution is 0.141. The Bertz CT molecular complexity index is 613. The minimum atomic E-state index is -3.74. The van der Waals surface area contributed by atoms with E-state index in [0.29, 0.717) is 18.7 Å². The van der Waals surface area contributed by atoms with Gasteiger partial charge in [0.25, 0.3) is 0 Å². The molecule has 0 aliphatic carbocycles. The van der Waals surface area contributed by atoms with Crippen molar-refractivity contribution in [2.24, 2.45) is 5.14 Å². The van der Waals surface area contributed by atoms with Gasteiger partial charge in [0.15, 0.2) is 0 Å². The minimum Gasteiger partial charge on any atom is -0.396 e. The second kappa shape index (κ2) is 7.08. The van der Waals surface area contributed by atoms with Crippen molar-refractivity contribution < 1.29 is 18.3 Å². The summed E-state index contributed by atoms with van der Waals surface area (Å²) in [6.45, 7) is 0.712. The smallest absolute Gasteiger partial charge is 0.322 e. The highest BCUT2D eigenvalue weighted by atomic mass is 32.2. The molecular weight excluding hydrogens is 306 g/mol. The number of hydrogen-bond acceptors (Lipinski definition) is 4. The van der Waals surface area contributed by atoms with E-state index in [-0.39, 0.29) is 23.6 Å². The molecule has 1 atom stereocenters. The summed E-state index contributed by atoms with van der Waals surface area (Å²) in [5.74, 6) is 0. The maximum atomic E-state index is 12.3. The van der Waals surface area contributed by atoms with Gasteiger partial charge >= 0.3 is 6.03 Å². The van der Waals surface area contributed by atoms with Crippen molar-refractivity contribution in [3.63, 3.8) is 0 Å². The molecule has 1 aliphatic heterocycles. The van der Waals surface area contributed by atoms with Gasteiger partial charge in [-0.3, -0.25) is 0 Å². The molecule has 22 heavy (non-hydrogen) atoms. The van der Waals surface area contributed by atoms with Gasteiger partial charge in [-0.05, 0) is 49.9 Å². The number of carbonyl (C=O) groups excluding carboxylic acids is 1. The number of nitrogens with one attached hydrogen (secondary N) is 1. The summed E-state index contributed by atoms with van der Waals surface area (Å²) in [6, 6.07) is 5.52. The summed E-state index contributed by atoms with van der Waals surface area (Å²) in [4.78, 5) is 14.1. The zero-order chi connectivity index (χ0) is 16.2. The third-order valence-electron chi connectivity index (χ3n) is 3.78. The molecule has 1 aromatic carbocycles. The predicted molar refractivity (Wildman–Crippen MR) is 82.9 cm³/mol. The Kier molecular flexibility index (Phi) is 5.38. The molecule has 1 aliphatic rings. The molecule has 1 fully saturated rings. The minimum absolute atomic E-state index is 0.00151. The normalized spacial score (nSPS) is 19.0. The topological polar surface area (TPSA) is 113 Å². The Balaban J connectivity index is 2.04. The number of piperidine rings is 1. The molecule has 0 aromatic heterocycles. The number of likely N-dealkylation sites (tertiary alicyclic amines) is 1. The summed E-state index contributed by atoms with van der Waals surface area (Å²) in [5.41, 5.74) is 0.505. The molecule has 1 heterocycles. The fraction of sp³-hybridized carbons (Fsp3) is 0.500. The molecule has 0 bridgehead atoms. The Hall–Kier alpha value is -1.64. The van der Waals surface area contributed by atoms with E-state index < -0.39 is 10.0 Å². The zero-order valence-corrected chi connectivity index (χ0v) is 13.1. The maximum Gasteiger partial charge on any atom is 0.322 e. The first-order valence-corrected chi connectivity index (χ1v) is 8.78. The van der Waals surface area contributed by atoms with Crippen LogP contribution in [0.25, 0.3) is 0 Å². The summed E-state index contributed by atoms with van der Waals surface area (Å²) in [6.07, 6.45) is 3.45. The lowest BCUT2D eigenvalue weighted by atomic mass is 10.0. The van der Waals surface area contributed by atoms with Crippen LogP contribution in [-0.4, -0.2) is 43.6 Å². The van der Waals surface area contributed by atoms with Gasteiger partial charge in [0.05, 0.1) is 4.90 Å². The molecule has 1 aromatic rings. The first kappa shape index (κ1) is 16.7. The number of nitrogens with zero attached hydrogens (tertiary/aromatic N) is 1. The van der Waals surface area contributed by atoms with Crippen LogP contribution >= 0.6 is 0 Å². The van der Waals surface area contributed by atoms with E-state index in [9.17, 15) is 13.2 Å². The fourth-order valence-corrected chi connectivity index (χ4v) is 3.16. The highest BCUT2D eigenvalue weighted by Crippen LogP contribution is 2.21. The van der Waals surface area contributed by atoms with Crippen LogP contribution in [0.5, 0.6) is 0 Å². The zero-order valence-electron chi connectivity index (χ0n) is 12.2. The second-order valence-electron chi connectivity index (χ2n) is 5.35. The first-order chi connectivity index (χ1) is 10.4. The van der Waals surface area contributed by atoms with Crippen molar-refractivity contribution in [3.05, 3.63) is 24.3 Å². The molecule has 2 amide bonds. The molecule has 0 saturated carbocycles.